The molecule has 0 amide bonds. The third-order valence-corrected chi connectivity index (χ3v) is 4.67. The van der Waals surface area contributed by atoms with Gasteiger partial charge < -0.3 is 9.47 Å². The summed E-state index contributed by atoms with van der Waals surface area (Å²) < 4.78 is 10.9. The monoisotopic (exact) mass is 341 g/mol. The number of hydrogen-bond donors (Lipinski definition) is 0. The van der Waals surface area contributed by atoms with Gasteiger partial charge in [-0.3, -0.25) is 9.69 Å². The summed E-state index contributed by atoms with van der Waals surface area (Å²) in [6, 6.07) is 5.67. The average Bonchev–Trinajstić information content (AvgIpc) is 3.01. The Morgan fingerprint density at radius 2 is 2.14 bits per heavy atom. The molecule has 0 spiro atoms. The second-order valence-electron chi connectivity index (χ2n) is 5.96. The molecule has 22 heavy (non-hydrogen) atoms. The maximum absolute atomic E-state index is 11.6. The number of rotatable bonds is 2. The highest BCUT2D eigenvalue weighted by Gasteiger charge is 2.43. The van der Waals surface area contributed by atoms with E-state index in [-0.39, 0.29) is 24.3 Å². The van der Waals surface area contributed by atoms with Gasteiger partial charge in [-0.2, -0.15) is 0 Å². The number of benzene rings is 1. The van der Waals surface area contributed by atoms with Gasteiger partial charge in [0.1, 0.15) is 12.4 Å². The highest BCUT2D eigenvalue weighted by molar-refractivity contribution is 6.30. The molecule has 4 rings (SSSR count). The van der Waals surface area contributed by atoms with Crippen LogP contribution in [0.15, 0.2) is 23.8 Å². The number of halogens is 2. The van der Waals surface area contributed by atoms with Crippen LogP contribution in [0.5, 0.6) is 5.75 Å². The molecule has 0 aliphatic carbocycles. The van der Waals surface area contributed by atoms with Crippen molar-refractivity contribution in [2.45, 2.75) is 0 Å². The standard InChI is InChI=1S/C16H16ClNO3.ClH/c17-13-1-2-15-11(4-13)3-10(8-20-15)5-18-6-12-9-21-16(19)14(12)7-18;/h1-4,12,14H,5-9H2;1H/t12-,14-;/m1./s1. The topological polar surface area (TPSA) is 38.8 Å². The Kier molecular flexibility index (Phi) is 4.35. The third-order valence-electron chi connectivity index (χ3n) is 4.43. The second-order valence-corrected chi connectivity index (χ2v) is 6.40. The van der Waals surface area contributed by atoms with Gasteiger partial charge in [-0.25, -0.2) is 0 Å². The van der Waals surface area contributed by atoms with Gasteiger partial charge in [0.15, 0.2) is 0 Å². The minimum Gasteiger partial charge on any atom is -0.489 e. The smallest absolute Gasteiger partial charge is 0.310 e. The van der Waals surface area contributed by atoms with Gasteiger partial charge in [-0.15, -0.1) is 12.4 Å². The molecule has 0 aromatic heterocycles. The summed E-state index contributed by atoms with van der Waals surface area (Å²) in [4.78, 5) is 13.9. The van der Waals surface area contributed by atoms with Gasteiger partial charge in [0.2, 0.25) is 0 Å². The molecule has 6 heteroatoms. The van der Waals surface area contributed by atoms with Crippen LogP contribution in [0.4, 0.5) is 0 Å². The molecule has 0 unspecified atom stereocenters. The Hall–Kier alpha value is -1.23. The first-order chi connectivity index (χ1) is 10.2. The molecule has 1 aromatic carbocycles. The van der Waals surface area contributed by atoms with Crippen LogP contribution >= 0.6 is 24.0 Å². The molecule has 4 nitrogen and oxygen atoms in total. The van der Waals surface area contributed by atoms with Gasteiger partial charge in [-0.05, 0) is 29.8 Å². The summed E-state index contributed by atoms with van der Waals surface area (Å²) in [6.45, 7) is 3.74. The molecular formula is C16H17Cl2NO3. The van der Waals surface area contributed by atoms with Crippen molar-refractivity contribution in [2.75, 3.05) is 32.8 Å². The van der Waals surface area contributed by atoms with E-state index in [4.69, 9.17) is 21.1 Å². The zero-order chi connectivity index (χ0) is 14.4. The van der Waals surface area contributed by atoms with Crippen LogP contribution in [0.3, 0.4) is 0 Å². The molecule has 3 heterocycles. The molecule has 3 aliphatic heterocycles. The Bertz CT molecular complexity index is 632. The van der Waals surface area contributed by atoms with E-state index in [9.17, 15) is 4.79 Å². The number of ether oxygens (including phenoxy) is 2. The molecule has 2 atom stereocenters. The number of esters is 1. The van der Waals surface area contributed by atoms with Crippen molar-refractivity contribution in [1.82, 2.24) is 4.90 Å². The number of likely N-dealkylation sites (tertiary alicyclic amines) is 1. The van der Waals surface area contributed by atoms with Gasteiger partial charge in [0, 0.05) is 36.1 Å². The van der Waals surface area contributed by atoms with Crippen LogP contribution < -0.4 is 4.74 Å². The summed E-state index contributed by atoms with van der Waals surface area (Å²) in [5.41, 5.74) is 2.25. The number of nitrogens with zero attached hydrogens (tertiary/aromatic N) is 1. The van der Waals surface area contributed by atoms with Crippen LogP contribution in [0, 0.1) is 11.8 Å². The fraction of sp³-hybridized carbons (Fsp3) is 0.438. The SMILES string of the molecule is Cl.O=C1OC[C@H]2CN(CC3=Cc4cc(Cl)ccc4OC3)C[C@@H]12. The lowest BCUT2D eigenvalue weighted by Gasteiger charge is -2.23. The van der Waals surface area contributed by atoms with Crippen molar-refractivity contribution in [1.29, 1.82) is 0 Å². The maximum Gasteiger partial charge on any atom is 0.310 e. The number of carbonyl (C=O) groups excluding carboxylic acids is 1. The molecule has 0 bridgehead atoms. The molecular weight excluding hydrogens is 325 g/mol. The quantitative estimate of drug-likeness (QED) is 0.775. The normalized spacial score (nSPS) is 26.4. The predicted molar refractivity (Wildman–Crippen MR) is 86.6 cm³/mol. The van der Waals surface area contributed by atoms with Crippen LogP contribution in [-0.2, 0) is 9.53 Å². The molecule has 2 saturated heterocycles. The minimum atomic E-state index is -0.0338. The number of hydrogen-bond acceptors (Lipinski definition) is 4. The van der Waals surface area contributed by atoms with E-state index in [1.165, 1.54) is 5.57 Å². The largest absolute Gasteiger partial charge is 0.489 e. The Labute approximate surface area is 140 Å². The summed E-state index contributed by atoms with van der Waals surface area (Å²) in [6.07, 6.45) is 2.15. The molecule has 118 valence electrons. The van der Waals surface area contributed by atoms with Crippen molar-refractivity contribution in [2.24, 2.45) is 11.8 Å². The van der Waals surface area contributed by atoms with Crippen LogP contribution in [0.25, 0.3) is 6.08 Å². The number of fused-ring (bicyclic) bond motifs is 2. The van der Waals surface area contributed by atoms with E-state index >= 15 is 0 Å². The highest BCUT2D eigenvalue weighted by Crippen LogP contribution is 2.33. The zero-order valence-corrected chi connectivity index (χ0v) is 13.5. The second kappa shape index (κ2) is 6.11. The summed E-state index contributed by atoms with van der Waals surface area (Å²) in [7, 11) is 0. The lowest BCUT2D eigenvalue weighted by molar-refractivity contribution is -0.141. The third kappa shape index (κ3) is 2.83. The highest BCUT2D eigenvalue weighted by atomic mass is 35.5. The molecule has 1 aromatic rings. The molecule has 3 aliphatic rings. The van der Waals surface area contributed by atoms with E-state index in [1.807, 2.05) is 18.2 Å². The average molecular weight is 342 g/mol. The molecule has 0 N–H and O–H groups in total. The van der Waals surface area contributed by atoms with E-state index in [1.54, 1.807) is 0 Å². The maximum atomic E-state index is 11.6. The number of cyclic esters (lactones) is 1. The first-order valence-electron chi connectivity index (χ1n) is 7.20. The van der Waals surface area contributed by atoms with Gasteiger partial charge in [0.05, 0.1) is 12.5 Å². The summed E-state index contributed by atoms with van der Waals surface area (Å²) in [5, 5.41) is 0.716. The van der Waals surface area contributed by atoms with Crippen molar-refractivity contribution < 1.29 is 14.3 Å². The van der Waals surface area contributed by atoms with E-state index in [0.717, 1.165) is 30.9 Å². The van der Waals surface area contributed by atoms with E-state index in [0.29, 0.717) is 24.2 Å². The van der Waals surface area contributed by atoms with E-state index in [2.05, 4.69) is 11.0 Å². The Morgan fingerprint density at radius 3 is 2.95 bits per heavy atom. The van der Waals surface area contributed by atoms with Crippen molar-refractivity contribution in [3.05, 3.63) is 34.4 Å². The predicted octanol–water partition coefficient (Wildman–Crippen LogP) is 2.64. The molecule has 0 radical (unpaired) electrons. The number of carbonyl (C=O) groups is 1. The Balaban J connectivity index is 0.00000144. The first kappa shape index (κ1) is 15.7. The minimum absolute atomic E-state index is 0. The fourth-order valence-electron chi connectivity index (χ4n) is 3.40. The van der Waals surface area contributed by atoms with Crippen molar-refractivity contribution in [3.63, 3.8) is 0 Å². The van der Waals surface area contributed by atoms with Crippen LogP contribution in [0.1, 0.15) is 5.56 Å². The van der Waals surface area contributed by atoms with Crippen LogP contribution in [-0.4, -0.2) is 43.7 Å². The first-order valence-corrected chi connectivity index (χ1v) is 7.57. The molecule has 0 saturated carbocycles. The van der Waals surface area contributed by atoms with Gasteiger partial charge >= 0.3 is 5.97 Å². The van der Waals surface area contributed by atoms with E-state index < -0.39 is 0 Å². The van der Waals surface area contributed by atoms with Gasteiger partial charge in [-0.1, -0.05) is 11.6 Å². The van der Waals surface area contributed by atoms with Crippen molar-refractivity contribution in [3.8, 4) is 5.75 Å². The van der Waals surface area contributed by atoms with Crippen molar-refractivity contribution >= 4 is 36.1 Å². The lowest BCUT2D eigenvalue weighted by Crippen LogP contribution is -2.28. The summed E-state index contributed by atoms with van der Waals surface area (Å²) >= 11 is 6.03. The fourth-order valence-corrected chi connectivity index (χ4v) is 3.58. The van der Waals surface area contributed by atoms with Gasteiger partial charge in [0.25, 0.3) is 0 Å². The molecule has 2 fully saturated rings. The zero-order valence-electron chi connectivity index (χ0n) is 12.0. The summed E-state index contributed by atoms with van der Waals surface area (Å²) in [5.74, 6) is 1.28. The lowest BCUT2D eigenvalue weighted by atomic mass is 10.0. The Morgan fingerprint density at radius 1 is 1.27 bits per heavy atom. The van der Waals surface area contributed by atoms with Crippen LogP contribution in [0.2, 0.25) is 5.02 Å².